The molecule has 0 amide bonds. The number of aromatic nitrogens is 3. The third-order valence-electron chi connectivity index (χ3n) is 1.19. The number of H-pyrrole nitrogens is 1. The highest BCUT2D eigenvalue weighted by Gasteiger charge is 2.26. The third kappa shape index (κ3) is 3.63. The van der Waals surface area contributed by atoms with E-state index in [1.807, 2.05) is 0 Å². The summed E-state index contributed by atoms with van der Waals surface area (Å²) in [6, 6.07) is 0. The molecule has 1 heterocycles. The number of nitrogens with two attached hydrogens (primary N) is 1. The van der Waals surface area contributed by atoms with Gasteiger partial charge in [-0.15, -0.1) is 5.10 Å². The molecule has 0 bridgehead atoms. The van der Waals surface area contributed by atoms with Crippen LogP contribution in [0.15, 0.2) is 0 Å². The molecule has 0 aromatic carbocycles. The summed E-state index contributed by atoms with van der Waals surface area (Å²) in [4.78, 5) is 3.56. The summed E-state index contributed by atoms with van der Waals surface area (Å²) < 4.78 is 35.0. The van der Waals surface area contributed by atoms with Crippen LogP contribution in [-0.4, -0.2) is 27.9 Å². The van der Waals surface area contributed by atoms with Crippen LogP contribution in [0.4, 0.5) is 25.1 Å². The van der Waals surface area contributed by atoms with E-state index in [-0.39, 0.29) is 18.4 Å². The maximum absolute atomic E-state index is 11.7. The number of rotatable bonds is 3. The van der Waals surface area contributed by atoms with E-state index >= 15 is 0 Å². The van der Waals surface area contributed by atoms with Gasteiger partial charge in [-0.1, -0.05) is 0 Å². The van der Waals surface area contributed by atoms with Crippen LogP contribution < -0.4 is 11.1 Å². The van der Waals surface area contributed by atoms with Crippen LogP contribution in [-0.2, 0) is 0 Å². The second-order valence-corrected chi connectivity index (χ2v) is 2.34. The molecule has 0 unspecified atom stereocenters. The predicted octanol–water partition coefficient (Wildman–Crippen LogP) is 0.751. The maximum Gasteiger partial charge on any atom is 0.390 e. The molecule has 74 valence electrons. The predicted molar refractivity (Wildman–Crippen MR) is 40.0 cm³/mol. The topological polar surface area (TPSA) is 79.6 Å². The summed E-state index contributed by atoms with van der Waals surface area (Å²) in [5.41, 5.74) is 5.14. The number of nitrogens with zero attached hydrogens (tertiary/aromatic N) is 2. The van der Waals surface area contributed by atoms with Gasteiger partial charge in [0.05, 0.1) is 6.42 Å². The molecule has 1 rings (SSSR count). The Morgan fingerprint density at radius 1 is 1.46 bits per heavy atom. The number of halogens is 3. The summed E-state index contributed by atoms with van der Waals surface area (Å²) >= 11 is 0. The first-order valence-electron chi connectivity index (χ1n) is 3.46. The lowest BCUT2D eigenvalue weighted by molar-refractivity contribution is -0.131. The van der Waals surface area contributed by atoms with Gasteiger partial charge in [0.2, 0.25) is 11.9 Å². The van der Waals surface area contributed by atoms with Crippen molar-refractivity contribution in [3.8, 4) is 0 Å². The van der Waals surface area contributed by atoms with E-state index < -0.39 is 12.6 Å². The summed E-state index contributed by atoms with van der Waals surface area (Å²) in [7, 11) is 0. The third-order valence-corrected chi connectivity index (χ3v) is 1.19. The molecule has 1 aromatic rings. The average Bonchev–Trinajstić information content (AvgIpc) is 2.33. The van der Waals surface area contributed by atoms with Crippen molar-refractivity contribution in [2.45, 2.75) is 12.6 Å². The van der Waals surface area contributed by atoms with E-state index in [2.05, 4.69) is 20.5 Å². The van der Waals surface area contributed by atoms with E-state index in [1.165, 1.54) is 0 Å². The largest absolute Gasteiger partial charge is 0.390 e. The van der Waals surface area contributed by atoms with Crippen LogP contribution in [0.2, 0.25) is 0 Å². The second kappa shape index (κ2) is 3.50. The Morgan fingerprint density at radius 2 is 2.15 bits per heavy atom. The summed E-state index contributed by atoms with van der Waals surface area (Å²) in [5, 5.41) is 8.15. The SMILES string of the molecule is Nc1nc(NCCC(F)(F)F)n[nH]1. The molecular weight excluding hydrogens is 187 g/mol. The van der Waals surface area contributed by atoms with Gasteiger partial charge >= 0.3 is 6.18 Å². The van der Waals surface area contributed by atoms with E-state index in [9.17, 15) is 13.2 Å². The first kappa shape index (κ1) is 9.62. The van der Waals surface area contributed by atoms with Gasteiger partial charge < -0.3 is 11.1 Å². The monoisotopic (exact) mass is 195 g/mol. The number of hydrogen-bond acceptors (Lipinski definition) is 4. The minimum atomic E-state index is -4.17. The minimum absolute atomic E-state index is 0.0644. The molecule has 0 saturated heterocycles. The van der Waals surface area contributed by atoms with Crippen LogP contribution in [0.25, 0.3) is 0 Å². The molecule has 0 aliphatic heterocycles. The van der Waals surface area contributed by atoms with Gasteiger partial charge in [0.15, 0.2) is 0 Å². The highest BCUT2D eigenvalue weighted by atomic mass is 19.4. The van der Waals surface area contributed by atoms with Crippen molar-refractivity contribution in [3.63, 3.8) is 0 Å². The Hall–Kier alpha value is -1.47. The van der Waals surface area contributed by atoms with Gasteiger partial charge in [0.25, 0.3) is 0 Å². The van der Waals surface area contributed by atoms with Gasteiger partial charge in [-0.25, -0.2) is 5.10 Å². The number of anilines is 2. The second-order valence-electron chi connectivity index (χ2n) is 2.34. The zero-order valence-corrected chi connectivity index (χ0v) is 6.52. The summed E-state index contributed by atoms with van der Waals surface area (Å²) in [6.45, 7) is -0.263. The maximum atomic E-state index is 11.7. The van der Waals surface area contributed by atoms with Gasteiger partial charge in [-0.3, -0.25) is 0 Å². The van der Waals surface area contributed by atoms with Gasteiger partial charge in [-0.05, 0) is 0 Å². The Balaban J connectivity index is 2.28. The molecule has 0 saturated carbocycles. The lowest BCUT2D eigenvalue weighted by Crippen LogP contribution is -2.15. The number of alkyl halides is 3. The van der Waals surface area contributed by atoms with Crippen LogP contribution >= 0.6 is 0 Å². The molecule has 0 radical (unpaired) electrons. The molecule has 13 heavy (non-hydrogen) atoms. The lowest BCUT2D eigenvalue weighted by atomic mass is 10.4. The standard InChI is InChI=1S/C5H8F3N5/c6-5(7,8)1-2-10-4-11-3(9)12-13-4/h1-2H2,(H4,9,10,11,12,13). The molecule has 0 fully saturated rings. The fraction of sp³-hybridized carbons (Fsp3) is 0.600. The summed E-state index contributed by atoms with van der Waals surface area (Å²) in [5.74, 6) is 0.135. The number of aromatic amines is 1. The van der Waals surface area contributed by atoms with Gasteiger partial charge in [-0.2, -0.15) is 18.2 Å². The van der Waals surface area contributed by atoms with E-state index in [1.54, 1.807) is 0 Å². The van der Waals surface area contributed by atoms with Crippen LogP contribution in [0, 0.1) is 0 Å². The normalized spacial score (nSPS) is 11.6. The Morgan fingerprint density at radius 3 is 2.62 bits per heavy atom. The molecule has 0 atom stereocenters. The van der Waals surface area contributed by atoms with E-state index in [0.29, 0.717) is 0 Å². The zero-order valence-electron chi connectivity index (χ0n) is 6.52. The first-order chi connectivity index (χ1) is 5.97. The number of nitrogen functional groups attached to an aromatic ring is 1. The fourth-order valence-electron chi connectivity index (χ4n) is 0.669. The Kier molecular flexibility index (Phi) is 2.59. The van der Waals surface area contributed by atoms with Crippen molar-refractivity contribution in [2.24, 2.45) is 0 Å². The van der Waals surface area contributed by atoms with Crippen molar-refractivity contribution in [3.05, 3.63) is 0 Å². The van der Waals surface area contributed by atoms with E-state index in [4.69, 9.17) is 5.73 Å². The Bertz CT molecular complexity index is 267. The van der Waals surface area contributed by atoms with Crippen LogP contribution in [0.1, 0.15) is 6.42 Å². The van der Waals surface area contributed by atoms with Gasteiger partial charge in [0, 0.05) is 6.54 Å². The van der Waals surface area contributed by atoms with Gasteiger partial charge in [0.1, 0.15) is 0 Å². The average molecular weight is 195 g/mol. The molecule has 0 aliphatic rings. The minimum Gasteiger partial charge on any atom is -0.368 e. The molecule has 4 N–H and O–H groups in total. The lowest BCUT2D eigenvalue weighted by Gasteiger charge is -2.05. The first-order valence-corrected chi connectivity index (χ1v) is 3.46. The van der Waals surface area contributed by atoms with Crippen molar-refractivity contribution in [1.82, 2.24) is 15.2 Å². The summed E-state index contributed by atoms with van der Waals surface area (Å²) in [6.07, 6.45) is -5.10. The quantitative estimate of drug-likeness (QED) is 0.664. The highest BCUT2D eigenvalue weighted by Crippen LogP contribution is 2.18. The molecule has 1 aromatic heterocycles. The number of hydrogen-bond donors (Lipinski definition) is 3. The molecule has 0 spiro atoms. The van der Waals surface area contributed by atoms with E-state index in [0.717, 1.165) is 0 Å². The van der Waals surface area contributed by atoms with Crippen molar-refractivity contribution in [1.29, 1.82) is 0 Å². The molecule has 5 nitrogen and oxygen atoms in total. The highest BCUT2D eigenvalue weighted by molar-refractivity contribution is 5.29. The Labute approximate surface area is 71.5 Å². The molecular formula is C5H8F3N5. The van der Waals surface area contributed by atoms with Crippen molar-refractivity contribution >= 4 is 11.9 Å². The van der Waals surface area contributed by atoms with Crippen molar-refractivity contribution in [2.75, 3.05) is 17.6 Å². The zero-order chi connectivity index (χ0) is 9.90. The molecule has 0 aliphatic carbocycles. The van der Waals surface area contributed by atoms with Crippen LogP contribution in [0.5, 0.6) is 0 Å². The smallest absolute Gasteiger partial charge is 0.368 e. The number of nitrogens with one attached hydrogen (secondary N) is 2. The fourth-order valence-corrected chi connectivity index (χ4v) is 0.669. The molecule has 8 heteroatoms. The van der Waals surface area contributed by atoms with Crippen molar-refractivity contribution < 1.29 is 13.2 Å². The van der Waals surface area contributed by atoms with Crippen LogP contribution in [0.3, 0.4) is 0 Å².